The summed E-state index contributed by atoms with van der Waals surface area (Å²) in [5, 5.41) is 12.3. The second-order valence-corrected chi connectivity index (χ2v) is 5.74. The quantitative estimate of drug-likeness (QED) is 0.856. The van der Waals surface area contributed by atoms with Gasteiger partial charge >= 0.3 is 5.97 Å². The van der Waals surface area contributed by atoms with Gasteiger partial charge in [0.05, 0.1) is 6.42 Å². The molecule has 1 fully saturated rings. The van der Waals surface area contributed by atoms with E-state index in [1.54, 1.807) is 0 Å². The molecule has 1 saturated carbocycles. The molecule has 2 unspecified atom stereocenters. The Kier molecular flexibility index (Phi) is 4.97. The van der Waals surface area contributed by atoms with Crippen molar-refractivity contribution in [1.82, 2.24) is 5.32 Å². The third-order valence-electron chi connectivity index (χ3n) is 3.91. The zero-order valence-electron chi connectivity index (χ0n) is 11.6. The summed E-state index contributed by atoms with van der Waals surface area (Å²) in [5.41, 5.74) is 2.09. The fourth-order valence-electron chi connectivity index (χ4n) is 2.83. The molecule has 0 radical (unpaired) electrons. The third-order valence-corrected chi connectivity index (χ3v) is 3.91. The first-order valence-corrected chi connectivity index (χ1v) is 7.16. The van der Waals surface area contributed by atoms with Crippen molar-refractivity contribution in [3.63, 3.8) is 0 Å². The van der Waals surface area contributed by atoms with Crippen molar-refractivity contribution in [3.8, 4) is 0 Å². The molecule has 104 valence electrons. The number of benzene rings is 1. The van der Waals surface area contributed by atoms with E-state index in [0.29, 0.717) is 6.04 Å². The zero-order chi connectivity index (χ0) is 13.7. The molecule has 0 bridgehead atoms. The molecular weight excluding hydrogens is 238 g/mol. The molecule has 0 saturated heterocycles. The average Bonchev–Trinajstić information content (AvgIpc) is 2.37. The van der Waals surface area contributed by atoms with Crippen LogP contribution in [0.5, 0.6) is 0 Å². The first-order valence-electron chi connectivity index (χ1n) is 7.16. The summed E-state index contributed by atoms with van der Waals surface area (Å²) in [6, 6.07) is 8.51. The Hall–Kier alpha value is -1.35. The lowest BCUT2D eigenvalue weighted by molar-refractivity contribution is -0.136. The van der Waals surface area contributed by atoms with E-state index in [1.807, 2.05) is 24.3 Å². The summed E-state index contributed by atoms with van der Waals surface area (Å²) in [4.78, 5) is 10.6. The van der Waals surface area contributed by atoms with E-state index in [2.05, 4.69) is 12.2 Å². The van der Waals surface area contributed by atoms with Gasteiger partial charge < -0.3 is 10.4 Å². The van der Waals surface area contributed by atoms with Gasteiger partial charge in [-0.15, -0.1) is 0 Å². The van der Waals surface area contributed by atoms with E-state index in [1.165, 1.54) is 31.2 Å². The molecule has 0 heterocycles. The molecular formula is C16H23NO2. The van der Waals surface area contributed by atoms with Crippen molar-refractivity contribution < 1.29 is 9.90 Å². The van der Waals surface area contributed by atoms with Crippen molar-refractivity contribution in [2.45, 2.75) is 51.6 Å². The molecule has 1 aliphatic rings. The molecule has 1 aromatic rings. The van der Waals surface area contributed by atoms with Gasteiger partial charge in [-0.1, -0.05) is 44.0 Å². The van der Waals surface area contributed by atoms with Crippen LogP contribution >= 0.6 is 0 Å². The lowest BCUT2D eigenvalue weighted by atomic mass is 9.87. The number of hydrogen-bond acceptors (Lipinski definition) is 2. The molecule has 0 amide bonds. The van der Waals surface area contributed by atoms with E-state index in [-0.39, 0.29) is 6.42 Å². The van der Waals surface area contributed by atoms with Crippen molar-refractivity contribution in [2.24, 2.45) is 5.92 Å². The molecule has 2 N–H and O–H groups in total. The maximum Gasteiger partial charge on any atom is 0.307 e. The van der Waals surface area contributed by atoms with Gasteiger partial charge in [-0.05, 0) is 29.9 Å². The van der Waals surface area contributed by atoms with Gasteiger partial charge in [0.1, 0.15) is 0 Å². The Morgan fingerprint density at radius 3 is 2.58 bits per heavy atom. The number of carbonyl (C=O) groups is 1. The van der Waals surface area contributed by atoms with Crippen LogP contribution in [-0.2, 0) is 17.8 Å². The van der Waals surface area contributed by atoms with Gasteiger partial charge in [0.15, 0.2) is 0 Å². The van der Waals surface area contributed by atoms with Gasteiger partial charge in [-0.25, -0.2) is 0 Å². The minimum atomic E-state index is -0.776. The largest absolute Gasteiger partial charge is 0.481 e. The molecule has 1 aliphatic carbocycles. The van der Waals surface area contributed by atoms with Gasteiger partial charge in [0.2, 0.25) is 0 Å². The fourth-order valence-corrected chi connectivity index (χ4v) is 2.83. The van der Waals surface area contributed by atoms with Crippen molar-refractivity contribution in [1.29, 1.82) is 0 Å². The Labute approximate surface area is 115 Å². The Morgan fingerprint density at radius 1 is 1.26 bits per heavy atom. The molecule has 3 heteroatoms. The minimum Gasteiger partial charge on any atom is -0.481 e. The van der Waals surface area contributed by atoms with E-state index < -0.39 is 5.97 Å². The molecule has 2 atom stereocenters. The number of hydrogen-bond donors (Lipinski definition) is 2. The van der Waals surface area contributed by atoms with Gasteiger partial charge in [0.25, 0.3) is 0 Å². The first kappa shape index (κ1) is 14.1. The van der Waals surface area contributed by atoms with Crippen LogP contribution in [0.1, 0.15) is 43.7 Å². The van der Waals surface area contributed by atoms with Crippen LogP contribution in [0.4, 0.5) is 0 Å². The predicted octanol–water partition coefficient (Wildman–Crippen LogP) is 2.98. The van der Waals surface area contributed by atoms with Crippen LogP contribution in [-0.4, -0.2) is 17.1 Å². The first-order chi connectivity index (χ1) is 9.13. The molecule has 0 aromatic heterocycles. The highest BCUT2D eigenvalue weighted by Gasteiger charge is 2.17. The Bertz CT molecular complexity index is 413. The predicted molar refractivity (Wildman–Crippen MR) is 76.0 cm³/mol. The number of rotatable bonds is 5. The monoisotopic (exact) mass is 261 g/mol. The highest BCUT2D eigenvalue weighted by Crippen LogP contribution is 2.23. The van der Waals surface area contributed by atoms with E-state index in [4.69, 9.17) is 5.11 Å². The van der Waals surface area contributed by atoms with Crippen LogP contribution in [0.25, 0.3) is 0 Å². The normalized spacial score (nSPS) is 23.2. The molecule has 19 heavy (non-hydrogen) atoms. The van der Waals surface area contributed by atoms with Crippen LogP contribution < -0.4 is 5.32 Å². The molecule has 2 rings (SSSR count). The summed E-state index contributed by atoms with van der Waals surface area (Å²) in [6.45, 7) is 3.21. The maximum absolute atomic E-state index is 10.6. The van der Waals surface area contributed by atoms with Crippen LogP contribution in [0.3, 0.4) is 0 Å². The smallest absolute Gasteiger partial charge is 0.307 e. The lowest BCUT2D eigenvalue weighted by Gasteiger charge is -2.27. The van der Waals surface area contributed by atoms with Crippen LogP contribution in [0, 0.1) is 5.92 Å². The topological polar surface area (TPSA) is 49.3 Å². The summed E-state index contributed by atoms with van der Waals surface area (Å²) in [6.07, 6.45) is 5.35. The highest BCUT2D eigenvalue weighted by atomic mass is 16.4. The lowest BCUT2D eigenvalue weighted by Crippen LogP contribution is -2.33. The van der Waals surface area contributed by atoms with Crippen molar-refractivity contribution >= 4 is 5.97 Å². The molecule has 0 spiro atoms. The number of nitrogens with one attached hydrogen (secondary N) is 1. The Morgan fingerprint density at radius 2 is 1.95 bits per heavy atom. The second kappa shape index (κ2) is 6.71. The van der Waals surface area contributed by atoms with Gasteiger partial charge in [-0.3, -0.25) is 4.79 Å². The van der Waals surface area contributed by atoms with E-state index in [9.17, 15) is 4.79 Å². The average molecular weight is 261 g/mol. The molecule has 3 nitrogen and oxygen atoms in total. The SMILES string of the molecule is CC1CCCC(NCc2ccc(CC(=O)O)cc2)C1. The maximum atomic E-state index is 10.6. The van der Waals surface area contributed by atoms with Gasteiger partial charge in [0, 0.05) is 12.6 Å². The Balaban J connectivity index is 1.81. The van der Waals surface area contributed by atoms with Crippen LogP contribution in [0.15, 0.2) is 24.3 Å². The summed E-state index contributed by atoms with van der Waals surface area (Å²) in [7, 11) is 0. The number of aliphatic carboxylic acids is 1. The van der Waals surface area contributed by atoms with E-state index in [0.717, 1.165) is 18.0 Å². The summed E-state index contributed by atoms with van der Waals surface area (Å²) >= 11 is 0. The highest BCUT2D eigenvalue weighted by molar-refractivity contribution is 5.70. The van der Waals surface area contributed by atoms with E-state index >= 15 is 0 Å². The van der Waals surface area contributed by atoms with Crippen molar-refractivity contribution in [2.75, 3.05) is 0 Å². The van der Waals surface area contributed by atoms with Gasteiger partial charge in [-0.2, -0.15) is 0 Å². The molecule has 1 aromatic carbocycles. The zero-order valence-corrected chi connectivity index (χ0v) is 11.6. The number of carboxylic acid groups (broad SMARTS) is 1. The minimum absolute atomic E-state index is 0.105. The summed E-state index contributed by atoms with van der Waals surface area (Å²) < 4.78 is 0. The standard InChI is InChI=1S/C16H23NO2/c1-12-3-2-4-15(9-12)17-11-14-7-5-13(6-8-14)10-16(18)19/h5-8,12,15,17H,2-4,9-11H2,1H3,(H,18,19). The van der Waals surface area contributed by atoms with Crippen LogP contribution in [0.2, 0.25) is 0 Å². The molecule has 0 aliphatic heterocycles. The second-order valence-electron chi connectivity index (χ2n) is 5.74. The van der Waals surface area contributed by atoms with Crippen molar-refractivity contribution in [3.05, 3.63) is 35.4 Å². The summed E-state index contributed by atoms with van der Waals surface area (Å²) in [5.74, 6) is 0.0614. The third kappa shape index (κ3) is 4.67. The fraction of sp³-hybridized carbons (Fsp3) is 0.562. The number of carboxylic acids is 1.